The number of benzene rings is 3. The van der Waals surface area contributed by atoms with E-state index in [9.17, 15) is 14.4 Å². The molecular formula is C29H36IN5O5. The maximum atomic E-state index is 12.4. The fraction of sp³-hybridized carbons (Fsp3) is 0.276. The molecule has 3 aromatic rings. The maximum absolute atomic E-state index is 12.4. The van der Waals surface area contributed by atoms with Gasteiger partial charge in [0.2, 0.25) is 0 Å². The van der Waals surface area contributed by atoms with Gasteiger partial charge in [-0.05, 0) is 85.0 Å². The lowest BCUT2D eigenvalue weighted by atomic mass is 10.1. The second kappa shape index (κ2) is 15.6. The molecule has 40 heavy (non-hydrogen) atoms. The summed E-state index contributed by atoms with van der Waals surface area (Å²) in [5, 5.41) is 5.52. The average Bonchev–Trinajstić information content (AvgIpc) is 2.90. The van der Waals surface area contributed by atoms with Gasteiger partial charge in [0.05, 0.1) is 35.7 Å². The van der Waals surface area contributed by atoms with Gasteiger partial charge < -0.3 is 35.6 Å². The molecular weight excluding hydrogens is 625 g/mol. The fourth-order valence-electron chi connectivity index (χ4n) is 3.36. The Morgan fingerprint density at radius 1 is 0.750 bits per heavy atom. The van der Waals surface area contributed by atoms with Crippen molar-refractivity contribution in [1.29, 1.82) is 0 Å². The number of nitrogen functional groups attached to an aromatic ring is 1. The van der Waals surface area contributed by atoms with Gasteiger partial charge in [0.1, 0.15) is 0 Å². The van der Waals surface area contributed by atoms with Gasteiger partial charge in [0, 0.05) is 48.8 Å². The molecule has 0 atom stereocenters. The Hall–Kier alpha value is -4.00. The number of nitrogens with two attached hydrogens (primary N) is 1. The lowest BCUT2D eigenvalue weighted by Gasteiger charge is -2.17. The highest BCUT2D eigenvalue weighted by molar-refractivity contribution is 14.1. The van der Waals surface area contributed by atoms with E-state index in [1.807, 2.05) is 68.3 Å². The van der Waals surface area contributed by atoms with Crippen LogP contribution in [-0.2, 0) is 9.47 Å². The normalized spacial score (nSPS) is 9.97. The second-order valence-electron chi connectivity index (χ2n) is 8.79. The number of nitrogens with zero attached hydrogens (tertiary/aromatic N) is 2. The van der Waals surface area contributed by atoms with Gasteiger partial charge in [-0.3, -0.25) is 0 Å². The first kappa shape index (κ1) is 32.2. The molecule has 3 aromatic carbocycles. The molecule has 0 heterocycles. The highest BCUT2D eigenvalue weighted by atomic mass is 127. The van der Waals surface area contributed by atoms with E-state index in [1.165, 1.54) is 0 Å². The van der Waals surface area contributed by atoms with E-state index < -0.39 is 12.0 Å². The Morgan fingerprint density at radius 2 is 1.25 bits per heavy atom. The molecule has 0 saturated carbocycles. The van der Waals surface area contributed by atoms with Crippen molar-refractivity contribution in [3.05, 3.63) is 75.4 Å². The number of urea groups is 1. The molecule has 0 aliphatic carbocycles. The first-order valence-electron chi connectivity index (χ1n) is 12.5. The number of rotatable bonds is 8. The van der Waals surface area contributed by atoms with Crippen LogP contribution in [0, 0.1) is 3.57 Å². The van der Waals surface area contributed by atoms with Crippen LogP contribution in [0.25, 0.3) is 0 Å². The number of esters is 2. The van der Waals surface area contributed by atoms with Crippen LogP contribution >= 0.6 is 22.6 Å². The molecule has 0 aromatic heterocycles. The van der Waals surface area contributed by atoms with Crippen LogP contribution in [0.15, 0.2) is 60.7 Å². The zero-order valence-corrected chi connectivity index (χ0v) is 25.7. The highest BCUT2D eigenvalue weighted by Crippen LogP contribution is 2.25. The van der Waals surface area contributed by atoms with Crippen molar-refractivity contribution in [3.8, 4) is 0 Å². The van der Waals surface area contributed by atoms with E-state index >= 15 is 0 Å². The van der Waals surface area contributed by atoms with Crippen LogP contribution in [0.1, 0.15) is 34.6 Å². The first-order chi connectivity index (χ1) is 19.0. The quantitative estimate of drug-likeness (QED) is 0.160. The van der Waals surface area contributed by atoms with Gasteiger partial charge in [-0.2, -0.15) is 0 Å². The van der Waals surface area contributed by atoms with Crippen molar-refractivity contribution in [2.24, 2.45) is 0 Å². The van der Waals surface area contributed by atoms with Crippen molar-refractivity contribution in [3.63, 3.8) is 0 Å². The van der Waals surface area contributed by atoms with E-state index in [-0.39, 0.29) is 12.6 Å². The lowest BCUT2D eigenvalue weighted by molar-refractivity contribution is 0.0518. The van der Waals surface area contributed by atoms with E-state index in [0.717, 1.165) is 14.9 Å². The van der Waals surface area contributed by atoms with Crippen molar-refractivity contribution in [2.75, 3.05) is 67.6 Å². The number of hydrogen-bond acceptors (Lipinski definition) is 8. The third kappa shape index (κ3) is 9.33. The smallest absolute Gasteiger partial charge is 0.340 e. The van der Waals surface area contributed by atoms with Crippen LogP contribution in [0.5, 0.6) is 0 Å². The molecule has 0 unspecified atom stereocenters. The minimum atomic E-state index is -0.475. The number of hydrogen-bond donors (Lipinski definition) is 3. The minimum Gasteiger partial charge on any atom is -0.462 e. The summed E-state index contributed by atoms with van der Waals surface area (Å²) in [6, 6.07) is 17.5. The molecule has 4 N–H and O–H groups in total. The third-order valence-corrected chi connectivity index (χ3v) is 6.37. The third-order valence-electron chi connectivity index (χ3n) is 5.43. The van der Waals surface area contributed by atoms with E-state index in [0.29, 0.717) is 34.8 Å². The number of halogens is 1. The summed E-state index contributed by atoms with van der Waals surface area (Å²) in [5.41, 5.74) is 9.85. The van der Waals surface area contributed by atoms with Crippen LogP contribution < -0.4 is 26.2 Å². The number of nitrogens with one attached hydrogen (secondary N) is 2. The van der Waals surface area contributed by atoms with Gasteiger partial charge in [0.25, 0.3) is 0 Å². The molecule has 0 spiro atoms. The highest BCUT2D eigenvalue weighted by Gasteiger charge is 2.16. The van der Waals surface area contributed by atoms with E-state index in [2.05, 4.69) is 33.2 Å². The average molecular weight is 662 g/mol. The monoisotopic (exact) mass is 661 g/mol. The maximum Gasteiger partial charge on any atom is 0.340 e. The number of amides is 2. The molecule has 2 amide bonds. The predicted octanol–water partition coefficient (Wildman–Crippen LogP) is 5.69. The number of anilines is 5. The second-order valence-corrected chi connectivity index (χ2v) is 9.95. The van der Waals surface area contributed by atoms with Crippen molar-refractivity contribution in [2.45, 2.75) is 13.8 Å². The largest absolute Gasteiger partial charge is 0.462 e. The lowest BCUT2D eigenvalue weighted by Crippen LogP contribution is -2.22. The zero-order chi connectivity index (χ0) is 29.8. The molecule has 0 radical (unpaired) electrons. The Labute approximate surface area is 248 Å². The van der Waals surface area contributed by atoms with Crippen molar-refractivity contribution in [1.82, 2.24) is 0 Å². The summed E-state index contributed by atoms with van der Waals surface area (Å²) in [7, 11) is 7.60. The number of para-hydroxylation sites is 1. The number of carbonyl (C=O) groups excluding carboxylic acids is 3. The Bertz CT molecular complexity index is 1330. The Kier molecular flexibility index (Phi) is 12.5. The van der Waals surface area contributed by atoms with Crippen LogP contribution in [-0.4, -0.2) is 59.4 Å². The summed E-state index contributed by atoms with van der Waals surface area (Å²) < 4.78 is 10.9. The van der Waals surface area contributed by atoms with Gasteiger partial charge in [-0.15, -0.1) is 0 Å². The Morgan fingerprint density at radius 3 is 1.77 bits per heavy atom. The molecule has 3 rings (SSSR count). The SMILES string of the molecule is CCOC(=O)c1ccc(N(C)C)cc1N.CCOC(=O)c1ccc(N(C)C)cc1NC(=O)Nc1ccccc1I. The molecule has 214 valence electrons. The van der Waals surface area contributed by atoms with Crippen LogP contribution in [0.4, 0.5) is 33.2 Å². The Balaban J connectivity index is 0.000000319. The first-order valence-corrected chi connectivity index (χ1v) is 13.6. The topological polar surface area (TPSA) is 126 Å². The van der Waals surface area contributed by atoms with Crippen molar-refractivity contribution < 1.29 is 23.9 Å². The molecule has 0 saturated heterocycles. The number of ether oxygens (including phenoxy) is 2. The summed E-state index contributed by atoms with van der Waals surface area (Å²) in [6.07, 6.45) is 0. The molecule has 0 aliphatic rings. The molecule has 0 aliphatic heterocycles. The van der Waals surface area contributed by atoms with E-state index in [4.69, 9.17) is 15.2 Å². The standard InChI is InChI=1S/C18H20IN3O3.C11H16N2O2/c1-4-25-17(23)13-10-9-12(22(2)3)11-16(13)21-18(24)20-15-8-6-5-7-14(15)19;1-4-15-11(14)9-6-5-8(13(2)3)7-10(9)12/h5-11H,4H2,1-3H3,(H2,20,21,24);5-7H,4,12H2,1-3H3. The fourth-order valence-corrected chi connectivity index (χ4v) is 3.88. The summed E-state index contributed by atoms with van der Waals surface area (Å²) in [4.78, 5) is 39.7. The molecule has 0 fully saturated rings. The molecule has 10 nitrogen and oxygen atoms in total. The summed E-state index contributed by atoms with van der Waals surface area (Å²) in [6.45, 7) is 4.13. The molecule has 11 heteroatoms. The predicted molar refractivity (Wildman–Crippen MR) is 170 cm³/mol. The van der Waals surface area contributed by atoms with Crippen molar-refractivity contribution >= 4 is 69.0 Å². The summed E-state index contributed by atoms with van der Waals surface area (Å²) >= 11 is 2.14. The van der Waals surface area contributed by atoms with Gasteiger partial charge >= 0.3 is 18.0 Å². The van der Waals surface area contributed by atoms with E-state index in [1.54, 1.807) is 44.2 Å². The number of carbonyl (C=O) groups is 3. The zero-order valence-electron chi connectivity index (χ0n) is 23.6. The molecule has 0 bridgehead atoms. The van der Waals surface area contributed by atoms with Crippen LogP contribution in [0.2, 0.25) is 0 Å². The summed E-state index contributed by atoms with van der Waals surface area (Å²) in [5.74, 6) is -0.849. The van der Waals surface area contributed by atoms with Gasteiger partial charge in [-0.25, -0.2) is 14.4 Å². The minimum absolute atomic E-state index is 0.266. The van der Waals surface area contributed by atoms with Crippen LogP contribution in [0.3, 0.4) is 0 Å². The van der Waals surface area contributed by atoms with Gasteiger partial charge in [-0.1, -0.05) is 12.1 Å². The van der Waals surface area contributed by atoms with Gasteiger partial charge in [0.15, 0.2) is 0 Å².